The van der Waals surface area contributed by atoms with Crippen LogP contribution in [0, 0.1) is 5.92 Å². The molecule has 4 heteroatoms. The van der Waals surface area contributed by atoms with Gasteiger partial charge >= 0.3 is 0 Å². The zero-order valence-corrected chi connectivity index (χ0v) is 13.0. The average molecular weight is 280 g/mol. The number of nitrogens with one attached hydrogen (secondary N) is 1. The summed E-state index contributed by atoms with van der Waals surface area (Å²) in [4.78, 5) is 2.52. The highest BCUT2D eigenvalue weighted by Gasteiger charge is 2.20. The number of hydrogen-bond acceptors (Lipinski definition) is 4. The monoisotopic (exact) mass is 280 g/mol. The topological polar surface area (TPSA) is 37.6 Å². The zero-order chi connectivity index (χ0) is 14.4. The standard InChI is InChI=1S/C16H28N2O2/c1-13(2)17-10-16-15(6-9-20-16)11-18-7-4-14(5-8-18)12-19-3/h6,9,13-14,17H,4-5,7-8,10-12H2,1-3H3. The minimum Gasteiger partial charge on any atom is -0.468 e. The third kappa shape index (κ3) is 4.62. The lowest BCUT2D eigenvalue weighted by Gasteiger charge is -2.31. The van der Waals surface area contributed by atoms with E-state index in [0.29, 0.717) is 6.04 Å². The Balaban J connectivity index is 1.81. The molecule has 114 valence electrons. The van der Waals surface area contributed by atoms with Gasteiger partial charge in [-0.15, -0.1) is 0 Å². The molecule has 1 aliphatic rings. The van der Waals surface area contributed by atoms with Crippen LogP contribution in [0.4, 0.5) is 0 Å². The van der Waals surface area contributed by atoms with Crippen molar-refractivity contribution < 1.29 is 9.15 Å². The van der Waals surface area contributed by atoms with Crippen molar-refractivity contribution in [1.82, 2.24) is 10.2 Å². The smallest absolute Gasteiger partial charge is 0.122 e. The van der Waals surface area contributed by atoms with Gasteiger partial charge in [0.05, 0.1) is 12.8 Å². The minimum absolute atomic E-state index is 0.484. The van der Waals surface area contributed by atoms with Crippen LogP contribution in [0.5, 0.6) is 0 Å². The maximum Gasteiger partial charge on any atom is 0.122 e. The third-order valence-corrected chi connectivity index (χ3v) is 4.01. The third-order valence-electron chi connectivity index (χ3n) is 4.01. The fourth-order valence-corrected chi connectivity index (χ4v) is 2.75. The molecule has 0 atom stereocenters. The molecule has 0 amide bonds. The summed E-state index contributed by atoms with van der Waals surface area (Å²) in [5.74, 6) is 1.82. The predicted molar refractivity (Wildman–Crippen MR) is 80.6 cm³/mol. The van der Waals surface area contributed by atoms with Crippen LogP contribution in [0.1, 0.15) is 38.0 Å². The highest BCUT2D eigenvalue weighted by Crippen LogP contribution is 2.21. The number of ether oxygens (including phenoxy) is 1. The van der Waals surface area contributed by atoms with Crippen molar-refractivity contribution in [3.63, 3.8) is 0 Å². The summed E-state index contributed by atoms with van der Waals surface area (Å²) in [6.07, 6.45) is 4.29. The van der Waals surface area contributed by atoms with Crippen molar-refractivity contribution >= 4 is 0 Å². The Kier molecular flexibility index (Phi) is 6.07. The Morgan fingerprint density at radius 2 is 2.15 bits per heavy atom. The summed E-state index contributed by atoms with van der Waals surface area (Å²) in [5.41, 5.74) is 1.32. The minimum atomic E-state index is 0.484. The SMILES string of the molecule is COCC1CCN(Cc2ccoc2CNC(C)C)CC1. The molecule has 0 spiro atoms. The first-order chi connectivity index (χ1) is 9.69. The highest BCUT2D eigenvalue weighted by atomic mass is 16.5. The summed E-state index contributed by atoms with van der Waals surface area (Å²) in [6, 6.07) is 2.59. The second-order valence-electron chi connectivity index (χ2n) is 6.08. The lowest BCUT2D eigenvalue weighted by atomic mass is 9.97. The Labute approximate surface area is 122 Å². The first kappa shape index (κ1) is 15.5. The van der Waals surface area contributed by atoms with Gasteiger partial charge in [-0.2, -0.15) is 0 Å². The molecular formula is C16H28N2O2. The molecule has 0 bridgehead atoms. The van der Waals surface area contributed by atoms with Crippen molar-refractivity contribution in [3.8, 4) is 0 Å². The van der Waals surface area contributed by atoms with E-state index in [0.717, 1.165) is 44.5 Å². The molecule has 2 rings (SSSR count). The number of hydrogen-bond donors (Lipinski definition) is 1. The normalized spacial score (nSPS) is 18.0. The summed E-state index contributed by atoms with van der Waals surface area (Å²) >= 11 is 0. The van der Waals surface area contributed by atoms with Crippen molar-refractivity contribution in [3.05, 3.63) is 23.7 Å². The number of piperidine rings is 1. The lowest BCUT2D eigenvalue weighted by Crippen LogP contribution is -2.34. The van der Waals surface area contributed by atoms with Gasteiger partial charge in [0.1, 0.15) is 5.76 Å². The van der Waals surface area contributed by atoms with E-state index >= 15 is 0 Å². The Hall–Kier alpha value is -0.840. The molecule has 0 radical (unpaired) electrons. The van der Waals surface area contributed by atoms with E-state index in [1.54, 1.807) is 7.11 Å². The number of methoxy groups -OCH3 is 1. The fraction of sp³-hybridized carbons (Fsp3) is 0.750. The van der Waals surface area contributed by atoms with Gasteiger partial charge in [-0.05, 0) is 37.9 Å². The predicted octanol–water partition coefficient (Wildman–Crippen LogP) is 2.64. The molecule has 0 aliphatic carbocycles. The number of likely N-dealkylation sites (tertiary alicyclic amines) is 1. The van der Waals surface area contributed by atoms with Gasteiger partial charge in [0.15, 0.2) is 0 Å². The van der Waals surface area contributed by atoms with Crippen molar-refractivity contribution in [2.24, 2.45) is 5.92 Å². The van der Waals surface area contributed by atoms with Crippen LogP contribution < -0.4 is 5.32 Å². The number of rotatable bonds is 7. The molecule has 1 N–H and O–H groups in total. The summed E-state index contributed by atoms with van der Waals surface area (Å²) in [6.45, 7) is 9.37. The first-order valence-corrected chi connectivity index (χ1v) is 7.69. The van der Waals surface area contributed by atoms with Crippen LogP contribution in [0.2, 0.25) is 0 Å². The van der Waals surface area contributed by atoms with E-state index in [2.05, 4.69) is 30.1 Å². The molecule has 0 aromatic carbocycles. The molecule has 4 nitrogen and oxygen atoms in total. The number of furan rings is 1. The van der Waals surface area contributed by atoms with Crippen molar-refractivity contribution in [2.45, 2.75) is 45.8 Å². The van der Waals surface area contributed by atoms with Gasteiger partial charge in [-0.1, -0.05) is 13.8 Å². The van der Waals surface area contributed by atoms with Crippen LogP contribution in [0.3, 0.4) is 0 Å². The van der Waals surface area contributed by atoms with E-state index in [1.165, 1.54) is 18.4 Å². The fourth-order valence-electron chi connectivity index (χ4n) is 2.75. The van der Waals surface area contributed by atoms with E-state index in [9.17, 15) is 0 Å². The Morgan fingerprint density at radius 1 is 1.40 bits per heavy atom. The molecule has 1 aliphatic heterocycles. The van der Waals surface area contributed by atoms with Gasteiger partial charge in [0, 0.05) is 31.9 Å². The molecule has 1 aromatic heterocycles. The van der Waals surface area contributed by atoms with Gasteiger partial charge in [-0.25, -0.2) is 0 Å². The van der Waals surface area contributed by atoms with Crippen LogP contribution in [0.15, 0.2) is 16.7 Å². The highest BCUT2D eigenvalue weighted by molar-refractivity contribution is 5.17. The van der Waals surface area contributed by atoms with E-state index in [-0.39, 0.29) is 0 Å². The maximum atomic E-state index is 5.61. The Bertz CT molecular complexity index is 382. The van der Waals surface area contributed by atoms with Crippen LogP contribution in [-0.4, -0.2) is 37.7 Å². The molecule has 2 heterocycles. The molecule has 1 aromatic rings. The van der Waals surface area contributed by atoms with Crippen molar-refractivity contribution in [1.29, 1.82) is 0 Å². The molecular weight excluding hydrogens is 252 g/mol. The second kappa shape index (κ2) is 7.81. The zero-order valence-electron chi connectivity index (χ0n) is 13.0. The summed E-state index contributed by atoms with van der Waals surface area (Å²) < 4.78 is 10.9. The van der Waals surface area contributed by atoms with E-state index in [4.69, 9.17) is 9.15 Å². The van der Waals surface area contributed by atoms with E-state index < -0.39 is 0 Å². The van der Waals surface area contributed by atoms with Gasteiger partial charge in [0.2, 0.25) is 0 Å². The van der Waals surface area contributed by atoms with Gasteiger partial charge in [0.25, 0.3) is 0 Å². The summed E-state index contributed by atoms with van der Waals surface area (Å²) in [7, 11) is 1.80. The average Bonchev–Trinajstić information content (AvgIpc) is 2.86. The molecule has 20 heavy (non-hydrogen) atoms. The van der Waals surface area contributed by atoms with Gasteiger partial charge in [-0.3, -0.25) is 4.90 Å². The number of nitrogens with zero attached hydrogens (tertiary/aromatic N) is 1. The maximum absolute atomic E-state index is 5.61. The quantitative estimate of drug-likeness (QED) is 0.833. The summed E-state index contributed by atoms with van der Waals surface area (Å²) in [5, 5.41) is 3.42. The van der Waals surface area contributed by atoms with Crippen molar-refractivity contribution in [2.75, 3.05) is 26.8 Å². The molecule has 0 unspecified atom stereocenters. The largest absolute Gasteiger partial charge is 0.468 e. The van der Waals surface area contributed by atoms with Gasteiger partial charge < -0.3 is 14.5 Å². The second-order valence-corrected chi connectivity index (χ2v) is 6.08. The van der Waals surface area contributed by atoms with Crippen LogP contribution in [0.25, 0.3) is 0 Å². The van der Waals surface area contributed by atoms with Crippen LogP contribution in [-0.2, 0) is 17.8 Å². The van der Waals surface area contributed by atoms with Crippen LogP contribution >= 0.6 is 0 Å². The lowest BCUT2D eigenvalue weighted by molar-refractivity contribution is 0.0965. The molecule has 1 saturated heterocycles. The Morgan fingerprint density at radius 3 is 2.80 bits per heavy atom. The van der Waals surface area contributed by atoms with E-state index in [1.807, 2.05) is 6.26 Å². The molecule has 1 fully saturated rings. The molecule has 0 saturated carbocycles. The first-order valence-electron chi connectivity index (χ1n) is 7.69.